The monoisotopic (exact) mass is 314 g/mol. The Morgan fingerprint density at radius 1 is 1.21 bits per heavy atom. The number of nitrogens with zero attached hydrogens (tertiary/aromatic N) is 5. The molecule has 0 aromatic carbocycles. The largest absolute Gasteiger partial charge is 0.336 e. The van der Waals surface area contributed by atoms with Crippen molar-refractivity contribution in [2.24, 2.45) is 0 Å². The predicted octanol–water partition coefficient (Wildman–Crippen LogP) is 2.43. The van der Waals surface area contributed by atoms with Crippen LogP contribution in [0.25, 0.3) is 28.1 Å². The van der Waals surface area contributed by atoms with Crippen molar-refractivity contribution in [3.05, 3.63) is 41.5 Å². The molecule has 6 nitrogen and oxygen atoms in total. The minimum Gasteiger partial charge on any atom is -0.336 e. The standard InChI is InChI=1S/C12H7BrN6/c13-7-3-9-12(15-4-7)18-11(17-9)8-5-16-19-2-1-14-6-10(8)19/h1-6H,(H,15,17,18). The van der Waals surface area contributed by atoms with Crippen molar-refractivity contribution in [2.45, 2.75) is 0 Å². The van der Waals surface area contributed by atoms with E-state index in [2.05, 4.69) is 41.0 Å². The van der Waals surface area contributed by atoms with E-state index in [1.165, 1.54) is 0 Å². The third-order valence-corrected chi connectivity index (χ3v) is 3.32. The Morgan fingerprint density at radius 2 is 2.16 bits per heavy atom. The summed E-state index contributed by atoms with van der Waals surface area (Å²) < 4.78 is 2.68. The second-order valence-electron chi connectivity index (χ2n) is 4.07. The number of aromatic nitrogens is 6. The van der Waals surface area contributed by atoms with E-state index in [9.17, 15) is 0 Å². The quantitative estimate of drug-likeness (QED) is 0.585. The SMILES string of the molecule is Brc1cnc2nc(-c3cnn4ccncc34)[nH]c2c1. The first kappa shape index (κ1) is 10.6. The maximum atomic E-state index is 4.48. The Labute approximate surface area is 115 Å². The van der Waals surface area contributed by atoms with E-state index >= 15 is 0 Å². The molecule has 7 heteroatoms. The number of fused-ring (bicyclic) bond motifs is 2. The Hall–Kier alpha value is -2.28. The summed E-state index contributed by atoms with van der Waals surface area (Å²) in [5, 5.41) is 4.27. The Bertz CT molecular complexity index is 893. The average molecular weight is 315 g/mol. The minimum absolute atomic E-state index is 0.682. The van der Waals surface area contributed by atoms with Gasteiger partial charge in [0, 0.05) is 23.1 Å². The summed E-state index contributed by atoms with van der Waals surface area (Å²) in [5.74, 6) is 0.739. The molecule has 4 rings (SSSR count). The summed E-state index contributed by atoms with van der Waals surface area (Å²) in [4.78, 5) is 16.1. The first-order chi connectivity index (χ1) is 9.31. The maximum absolute atomic E-state index is 4.48. The summed E-state index contributed by atoms with van der Waals surface area (Å²) in [7, 11) is 0. The third kappa shape index (κ3) is 1.62. The van der Waals surface area contributed by atoms with Gasteiger partial charge in [-0.25, -0.2) is 14.5 Å². The van der Waals surface area contributed by atoms with Gasteiger partial charge in [-0.1, -0.05) is 0 Å². The molecule has 19 heavy (non-hydrogen) atoms. The van der Waals surface area contributed by atoms with Gasteiger partial charge in [0.15, 0.2) is 5.65 Å². The molecule has 4 aromatic rings. The molecule has 0 aliphatic rings. The van der Waals surface area contributed by atoms with E-state index in [0.717, 1.165) is 26.9 Å². The Kier molecular flexibility index (Phi) is 2.16. The summed E-state index contributed by atoms with van der Waals surface area (Å²) in [6.07, 6.45) is 8.75. The van der Waals surface area contributed by atoms with Gasteiger partial charge in [-0.2, -0.15) is 5.10 Å². The van der Waals surface area contributed by atoms with Crippen molar-refractivity contribution >= 4 is 32.6 Å². The van der Waals surface area contributed by atoms with Crippen LogP contribution in [0.4, 0.5) is 0 Å². The van der Waals surface area contributed by atoms with Crippen LogP contribution in [0.5, 0.6) is 0 Å². The van der Waals surface area contributed by atoms with Gasteiger partial charge in [-0.3, -0.25) is 4.98 Å². The first-order valence-electron chi connectivity index (χ1n) is 5.60. The van der Waals surface area contributed by atoms with E-state index in [-0.39, 0.29) is 0 Å². The minimum atomic E-state index is 0.682. The van der Waals surface area contributed by atoms with Crippen LogP contribution >= 0.6 is 15.9 Å². The van der Waals surface area contributed by atoms with Crippen LogP contribution in [-0.2, 0) is 0 Å². The normalized spacial score (nSPS) is 11.4. The van der Waals surface area contributed by atoms with Crippen molar-refractivity contribution < 1.29 is 0 Å². The van der Waals surface area contributed by atoms with E-state index in [1.807, 2.05) is 6.07 Å². The average Bonchev–Trinajstić information content (AvgIpc) is 3.00. The number of hydrogen-bond acceptors (Lipinski definition) is 4. The van der Waals surface area contributed by atoms with E-state index in [0.29, 0.717) is 5.65 Å². The van der Waals surface area contributed by atoms with Crippen LogP contribution < -0.4 is 0 Å². The Balaban J connectivity index is 1.99. The number of imidazole rings is 1. The summed E-state index contributed by atoms with van der Waals surface area (Å²) >= 11 is 3.39. The van der Waals surface area contributed by atoms with Crippen LogP contribution in [0.1, 0.15) is 0 Å². The zero-order valence-corrected chi connectivity index (χ0v) is 11.2. The van der Waals surface area contributed by atoms with Crippen LogP contribution in [0, 0.1) is 0 Å². The molecule has 0 spiro atoms. The molecule has 0 unspecified atom stereocenters. The molecule has 0 aliphatic carbocycles. The highest BCUT2D eigenvalue weighted by Gasteiger charge is 2.11. The van der Waals surface area contributed by atoms with Gasteiger partial charge < -0.3 is 4.98 Å². The molecule has 0 amide bonds. The van der Waals surface area contributed by atoms with E-state index in [4.69, 9.17) is 0 Å². The molecule has 0 fully saturated rings. The van der Waals surface area contributed by atoms with Gasteiger partial charge in [0.05, 0.1) is 29.0 Å². The summed E-state index contributed by atoms with van der Waals surface area (Å²) in [6, 6.07) is 1.95. The fraction of sp³-hybridized carbons (Fsp3) is 0. The fourth-order valence-corrected chi connectivity index (χ4v) is 2.35. The molecule has 4 heterocycles. The number of halogens is 1. The predicted molar refractivity (Wildman–Crippen MR) is 73.6 cm³/mol. The highest BCUT2D eigenvalue weighted by molar-refractivity contribution is 9.10. The molecule has 0 atom stereocenters. The van der Waals surface area contributed by atoms with Crippen LogP contribution in [-0.4, -0.2) is 29.5 Å². The van der Waals surface area contributed by atoms with Gasteiger partial charge >= 0.3 is 0 Å². The van der Waals surface area contributed by atoms with Crippen LogP contribution in [0.15, 0.2) is 41.5 Å². The number of H-pyrrole nitrogens is 1. The second kappa shape index (κ2) is 3.86. The molecular formula is C12H7BrN6. The van der Waals surface area contributed by atoms with Crippen molar-refractivity contribution in [3.8, 4) is 11.4 Å². The number of hydrogen-bond donors (Lipinski definition) is 1. The lowest BCUT2D eigenvalue weighted by Crippen LogP contribution is -1.86. The number of pyridine rings is 1. The molecule has 0 saturated heterocycles. The van der Waals surface area contributed by atoms with Crippen molar-refractivity contribution in [2.75, 3.05) is 0 Å². The molecule has 0 aliphatic heterocycles. The lowest BCUT2D eigenvalue weighted by molar-refractivity contribution is 0.946. The maximum Gasteiger partial charge on any atom is 0.178 e. The highest BCUT2D eigenvalue weighted by atomic mass is 79.9. The van der Waals surface area contributed by atoms with Gasteiger partial charge in [0.2, 0.25) is 0 Å². The van der Waals surface area contributed by atoms with Gasteiger partial charge in [0.25, 0.3) is 0 Å². The molecular weight excluding hydrogens is 308 g/mol. The Morgan fingerprint density at radius 3 is 3.11 bits per heavy atom. The zero-order valence-electron chi connectivity index (χ0n) is 9.58. The number of rotatable bonds is 1. The van der Waals surface area contributed by atoms with Crippen molar-refractivity contribution in [1.82, 2.24) is 29.5 Å². The van der Waals surface area contributed by atoms with E-state index in [1.54, 1.807) is 35.5 Å². The topological polar surface area (TPSA) is 71.8 Å². The number of nitrogens with one attached hydrogen (secondary N) is 1. The summed E-state index contributed by atoms with van der Waals surface area (Å²) in [6.45, 7) is 0. The summed E-state index contributed by atoms with van der Waals surface area (Å²) in [5.41, 5.74) is 3.37. The van der Waals surface area contributed by atoms with Crippen LogP contribution in [0.3, 0.4) is 0 Å². The third-order valence-electron chi connectivity index (χ3n) is 2.88. The lowest BCUT2D eigenvalue weighted by atomic mass is 10.3. The highest BCUT2D eigenvalue weighted by Crippen LogP contribution is 2.24. The molecule has 1 N–H and O–H groups in total. The lowest BCUT2D eigenvalue weighted by Gasteiger charge is -1.93. The van der Waals surface area contributed by atoms with Gasteiger partial charge in [-0.05, 0) is 22.0 Å². The fourth-order valence-electron chi connectivity index (χ4n) is 2.02. The molecule has 0 radical (unpaired) electrons. The smallest absolute Gasteiger partial charge is 0.178 e. The molecule has 0 bridgehead atoms. The van der Waals surface area contributed by atoms with Gasteiger partial charge in [0.1, 0.15) is 5.82 Å². The second-order valence-corrected chi connectivity index (χ2v) is 4.99. The van der Waals surface area contributed by atoms with Crippen molar-refractivity contribution in [3.63, 3.8) is 0 Å². The first-order valence-corrected chi connectivity index (χ1v) is 6.39. The molecule has 92 valence electrons. The zero-order chi connectivity index (χ0) is 12.8. The number of aromatic amines is 1. The van der Waals surface area contributed by atoms with Crippen molar-refractivity contribution in [1.29, 1.82) is 0 Å². The van der Waals surface area contributed by atoms with Crippen LogP contribution in [0.2, 0.25) is 0 Å². The van der Waals surface area contributed by atoms with E-state index < -0.39 is 0 Å². The molecule has 0 saturated carbocycles. The molecule has 4 aromatic heterocycles. The van der Waals surface area contributed by atoms with Gasteiger partial charge in [-0.15, -0.1) is 0 Å².